The lowest BCUT2D eigenvalue weighted by Crippen LogP contribution is -2.49. The number of methoxy groups -OCH3 is 1. The van der Waals surface area contributed by atoms with Crippen molar-refractivity contribution < 1.29 is 13.9 Å². The fourth-order valence-electron chi connectivity index (χ4n) is 3.68. The van der Waals surface area contributed by atoms with E-state index in [2.05, 4.69) is 27.6 Å². The Bertz CT molecular complexity index is 1070. The number of ether oxygens (including phenoxy) is 1. The molecule has 0 radical (unpaired) electrons. The first-order valence-electron chi connectivity index (χ1n) is 9.55. The molecule has 1 saturated heterocycles. The molecule has 0 aliphatic carbocycles. The molecule has 1 unspecified atom stereocenters. The van der Waals surface area contributed by atoms with E-state index in [1.807, 2.05) is 19.3 Å². The first-order valence-corrected chi connectivity index (χ1v) is 9.55. The van der Waals surface area contributed by atoms with Crippen LogP contribution in [0.5, 0.6) is 5.75 Å². The Labute approximate surface area is 180 Å². The number of carbonyl (C=O) groups is 1. The predicted octanol–water partition coefficient (Wildman–Crippen LogP) is 3.19. The second-order valence-corrected chi connectivity index (χ2v) is 7.33. The molecule has 0 spiro atoms. The van der Waals surface area contributed by atoms with Gasteiger partial charge < -0.3 is 20.3 Å². The SMILES string of the molecule is COc1cc2nn(C)cc2cc1C(=O)Nc1ccc(N2CCNC(C)C2)cc1F.Cl. The number of piperazine rings is 1. The van der Waals surface area contributed by atoms with Gasteiger partial charge in [-0.3, -0.25) is 9.48 Å². The lowest BCUT2D eigenvalue weighted by atomic mass is 10.1. The number of hydrogen-bond acceptors (Lipinski definition) is 5. The first-order chi connectivity index (χ1) is 13.9. The van der Waals surface area contributed by atoms with Crippen LogP contribution in [0, 0.1) is 5.82 Å². The van der Waals surface area contributed by atoms with Gasteiger partial charge >= 0.3 is 0 Å². The van der Waals surface area contributed by atoms with Crippen molar-refractivity contribution in [2.24, 2.45) is 7.05 Å². The van der Waals surface area contributed by atoms with Crippen molar-refractivity contribution in [2.45, 2.75) is 13.0 Å². The zero-order chi connectivity index (χ0) is 20.5. The van der Waals surface area contributed by atoms with Gasteiger partial charge in [0.05, 0.1) is 23.9 Å². The maximum Gasteiger partial charge on any atom is 0.259 e. The maximum absolute atomic E-state index is 14.7. The number of aromatic nitrogens is 2. The van der Waals surface area contributed by atoms with Gasteiger partial charge in [-0.1, -0.05) is 0 Å². The Balaban J connectivity index is 0.00000256. The zero-order valence-electron chi connectivity index (χ0n) is 17.1. The molecule has 1 amide bonds. The Morgan fingerprint density at radius 2 is 2.13 bits per heavy atom. The van der Waals surface area contributed by atoms with Crippen molar-refractivity contribution in [1.82, 2.24) is 15.1 Å². The smallest absolute Gasteiger partial charge is 0.259 e. The third-order valence-electron chi connectivity index (χ3n) is 5.12. The molecule has 1 atom stereocenters. The van der Waals surface area contributed by atoms with Crippen LogP contribution in [0.3, 0.4) is 0 Å². The highest BCUT2D eigenvalue weighted by atomic mass is 35.5. The normalized spacial score (nSPS) is 16.3. The van der Waals surface area contributed by atoms with Gasteiger partial charge in [-0.2, -0.15) is 5.10 Å². The number of fused-ring (bicyclic) bond motifs is 1. The fraction of sp³-hybridized carbons (Fsp3) is 0.333. The number of benzene rings is 2. The van der Waals surface area contributed by atoms with Gasteiger partial charge in [-0.25, -0.2) is 4.39 Å². The number of rotatable bonds is 4. The van der Waals surface area contributed by atoms with E-state index in [-0.39, 0.29) is 18.1 Å². The van der Waals surface area contributed by atoms with E-state index in [9.17, 15) is 9.18 Å². The standard InChI is InChI=1S/C21H24FN5O2.ClH/c1-13-11-27(7-6-23-13)15-4-5-18(17(22)9-15)24-21(28)16-8-14-12-26(2)25-19(14)10-20(16)29-3;/h4-5,8-10,12-13,23H,6-7,11H2,1-3H3,(H,24,28);1H. The average molecular weight is 434 g/mol. The van der Waals surface area contributed by atoms with E-state index < -0.39 is 11.7 Å². The average Bonchev–Trinajstić information content (AvgIpc) is 3.07. The summed E-state index contributed by atoms with van der Waals surface area (Å²) in [6, 6.07) is 8.65. The highest BCUT2D eigenvalue weighted by Gasteiger charge is 2.19. The van der Waals surface area contributed by atoms with E-state index >= 15 is 0 Å². The van der Waals surface area contributed by atoms with Crippen LogP contribution < -0.4 is 20.3 Å². The van der Waals surface area contributed by atoms with Crippen LogP contribution in [-0.4, -0.2) is 48.5 Å². The molecule has 1 fully saturated rings. The Kier molecular flexibility index (Phi) is 6.48. The van der Waals surface area contributed by atoms with Crippen LogP contribution in [0.1, 0.15) is 17.3 Å². The summed E-state index contributed by atoms with van der Waals surface area (Å²) in [6.07, 6.45) is 1.81. The van der Waals surface area contributed by atoms with Gasteiger partial charge in [-0.15, -0.1) is 12.4 Å². The van der Waals surface area contributed by atoms with Crippen LogP contribution in [0.15, 0.2) is 36.5 Å². The number of anilines is 2. The number of carbonyl (C=O) groups excluding carboxylic acids is 1. The van der Waals surface area contributed by atoms with Crippen LogP contribution in [0.2, 0.25) is 0 Å². The summed E-state index contributed by atoms with van der Waals surface area (Å²) in [5.74, 6) is -0.515. The van der Waals surface area contributed by atoms with Crippen LogP contribution >= 0.6 is 12.4 Å². The summed E-state index contributed by atoms with van der Waals surface area (Å²) in [5, 5.41) is 11.1. The predicted molar refractivity (Wildman–Crippen MR) is 119 cm³/mol. The van der Waals surface area contributed by atoms with E-state index in [0.717, 1.165) is 36.2 Å². The van der Waals surface area contributed by atoms with Crippen molar-refractivity contribution in [3.05, 3.63) is 47.9 Å². The molecule has 4 rings (SSSR count). The van der Waals surface area contributed by atoms with Gasteiger partial charge in [0.15, 0.2) is 0 Å². The number of halogens is 2. The first kappa shape index (κ1) is 21.9. The molecular formula is C21H25ClFN5O2. The topological polar surface area (TPSA) is 71.4 Å². The molecule has 1 aliphatic heterocycles. The maximum atomic E-state index is 14.7. The summed E-state index contributed by atoms with van der Waals surface area (Å²) < 4.78 is 21.7. The third kappa shape index (κ3) is 4.34. The molecule has 7 nitrogen and oxygen atoms in total. The summed E-state index contributed by atoms with van der Waals surface area (Å²) >= 11 is 0. The van der Waals surface area contributed by atoms with Gasteiger partial charge in [0.2, 0.25) is 0 Å². The molecular weight excluding hydrogens is 409 g/mol. The number of amides is 1. The molecule has 2 N–H and O–H groups in total. The summed E-state index contributed by atoms with van der Waals surface area (Å²) in [5.41, 5.74) is 1.99. The van der Waals surface area contributed by atoms with Crippen molar-refractivity contribution >= 4 is 40.6 Å². The van der Waals surface area contributed by atoms with Crippen molar-refractivity contribution in [1.29, 1.82) is 0 Å². The molecule has 0 saturated carbocycles. The molecule has 0 bridgehead atoms. The van der Waals surface area contributed by atoms with E-state index in [4.69, 9.17) is 4.74 Å². The minimum absolute atomic E-state index is 0. The zero-order valence-corrected chi connectivity index (χ0v) is 17.9. The Hall–Kier alpha value is -2.84. The number of hydrogen-bond donors (Lipinski definition) is 2. The molecule has 3 aromatic rings. The van der Waals surface area contributed by atoms with Crippen molar-refractivity contribution in [2.75, 3.05) is 37.0 Å². The van der Waals surface area contributed by atoms with Crippen LogP contribution in [0.25, 0.3) is 10.9 Å². The number of nitrogens with one attached hydrogen (secondary N) is 2. The molecule has 1 aromatic heterocycles. The second kappa shape index (κ2) is 8.89. The third-order valence-corrected chi connectivity index (χ3v) is 5.12. The molecule has 160 valence electrons. The largest absolute Gasteiger partial charge is 0.496 e. The van der Waals surface area contributed by atoms with Crippen molar-refractivity contribution in [3.8, 4) is 5.75 Å². The number of nitrogens with zero attached hydrogens (tertiary/aromatic N) is 3. The van der Waals surface area contributed by atoms with Crippen LogP contribution in [-0.2, 0) is 7.05 Å². The molecule has 2 heterocycles. The van der Waals surface area contributed by atoms with Crippen LogP contribution in [0.4, 0.5) is 15.8 Å². The van der Waals surface area contributed by atoms with Gasteiger partial charge in [0, 0.05) is 56.1 Å². The highest BCUT2D eigenvalue weighted by molar-refractivity contribution is 6.08. The monoisotopic (exact) mass is 433 g/mol. The van der Waals surface area contributed by atoms with E-state index in [0.29, 0.717) is 17.4 Å². The fourth-order valence-corrected chi connectivity index (χ4v) is 3.68. The van der Waals surface area contributed by atoms with E-state index in [1.165, 1.54) is 13.2 Å². The molecule has 1 aliphatic rings. The lowest BCUT2D eigenvalue weighted by Gasteiger charge is -2.33. The molecule has 30 heavy (non-hydrogen) atoms. The minimum atomic E-state index is -0.469. The van der Waals surface area contributed by atoms with Gasteiger partial charge in [0.1, 0.15) is 11.6 Å². The summed E-state index contributed by atoms with van der Waals surface area (Å²) in [4.78, 5) is 15.0. The highest BCUT2D eigenvalue weighted by Crippen LogP contribution is 2.28. The Morgan fingerprint density at radius 1 is 1.33 bits per heavy atom. The Morgan fingerprint density at radius 3 is 2.83 bits per heavy atom. The minimum Gasteiger partial charge on any atom is -0.496 e. The number of aryl methyl sites for hydroxylation is 1. The van der Waals surface area contributed by atoms with Gasteiger partial charge in [-0.05, 0) is 31.2 Å². The second-order valence-electron chi connectivity index (χ2n) is 7.33. The molecule has 2 aromatic carbocycles. The quantitative estimate of drug-likeness (QED) is 0.661. The summed E-state index contributed by atoms with van der Waals surface area (Å²) in [6.45, 7) is 4.59. The van der Waals surface area contributed by atoms with Crippen molar-refractivity contribution in [3.63, 3.8) is 0 Å². The molecule has 9 heteroatoms. The summed E-state index contributed by atoms with van der Waals surface area (Å²) in [7, 11) is 3.30. The lowest BCUT2D eigenvalue weighted by molar-refractivity contribution is 0.102. The van der Waals surface area contributed by atoms with Gasteiger partial charge in [0.25, 0.3) is 5.91 Å². The van der Waals surface area contributed by atoms with E-state index in [1.54, 1.807) is 22.9 Å².